The van der Waals surface area contributed by atoms with Gasteiger partial charge in [0.15, 0.2) is 5.96 Å². The largest absolute Gasteiger partial charge is 0.361 e. The van der Waals surface area contributed by atoms with E-state index in [1.54, 1.807) is 0 Å². The number of piperidine rings is 2. The van der Waals surface area contributed by atoms with Crippen LogP contribution in [0.25, 0.3) is 10.9 Å². The second-order valence-corrected chi connectivity index (χ2v) is 8.28. The number of nitrogens with zero attached hydrogens (tertiary/aromatic N) is 2. The molecule has 5 heteroatoms. The number of rotatable bonds is 4. The van der Waals surface area contributed by atoms with Gasteiger partial charge in [0.2, 0.25) is 0 Å². The molecule has 27 heavy (non-hydrogen) atoms. The van der Waals surface area contributed by atoms with Crippen molar-refractivity contribution in [1.82, 2.24) is 20.5 Å². The third kappa shape index (κ3) is 3.84. The Morgan fingerprint density at radius 2 is 2.04 bits per heavy atom. The SMILES string of the molecule is CN=C(NCCc1c[nH]c2c(C)cccc12)NC1CC2CCCC(C1)N2C. The van der Waals surface area contributed by atoms with Gasteiger partial charge in [-0.15, -0.1) is 0 Å². The van der Waals surface area contributed by atoms with Crippen molar-refractivity contribution in [3.05, 3.63) is 35.5 Å². The molecule has 2 saturated heterocycles. The van der Waals surface area contributed by atoms with Gasteiger partial charge < -0.3 is 20.5 Å². The van der Waals surface area contributed by atoms with E-state index in [9.17, 15) is 0 Å². The van der Waals surface area contributed by atoms with E-state index in [1.807, 2.05) is 7.05 Å². The highest BCUT2D eigenvalue weighted by atomic mass is 15.2. The first-order valence-electron chi connectivity index (χ1n) is 10.4. The zero-order valence-electron chi connectivity index (χ0n) is 16.9. The molecule has 0 amide bonds. The van der Waals surface area contributed by atoms with E-state index >= 15 is 0 Å². The summed E-state index contributed by atoms with van der Waals surface area (Å²) in [6, 6.07) is 8.52. The van der Waals surface area contributed by atoms with Crippen LogP contribution in [0.15, 0.2) is 29.4 Å². The molecule has 2 atom stereocenters. The first kappa shape index (κ1) is 18.4. The molecule has 0 radical (unpaired) electrons. The minimum Gasteiger partial charge on any atom is -0.361 e. The molecule has 3 N–H and O–H groups in total. The molecule has 2 bridgehead atoms. The summed E-state index contributed by atoms with van der Waals surface area (Å²) in [5.74, 6) is 0.943. The van der Waals surface area contributed by atoms with E-state index in [-0.39, 0.29) is 0 Å². The maximum absolute atomic E-state index is 4.46. The normalized spacial score (nSPS) is 26.3. The molecule has 2 unspecified atom stereocenters. The van der Waals surface area contributed by atoms with Crippen LogP contribution in [-0.4, -0.2) is 54.6 Å². The lowest BCUT2D eigenvalue weighted by atomic mass is 9.82. The van der Waals surface area contributed by atoms with E-state index in [1.165, 1.54) is 54.1 Å². The summed E-state index contributed by atoms with van der Waals surface area (Å²) in [7, 11) is 4.18. The van der Waals surface area contributed by atoms with Crippen LogP contribution in [0.2, 0.25) is 0 Å². The predicted molar refractivity (Wildman–Crippen MR) is 113 cm³/mol. The van der Waals surface area contributed by atoms with E-state index in [0.29, 0.717) is 6.04 Å². The lowest BCUT2D eigenvalue weighted by Crippen LogP contribution is -2.56. The van der Waals surface area contributed by atoms with Crippen LogP contribution in [0.4, 0.5) is 0 Å². The van der Waals surface area contributed by atoms with E-state index in [0.717, 1.165) is 31.0 Å². The Labute approximate surface area is 162 Å². The number of H-pyrrole nitrogens is 1. The number of aromatic nitrogens is 1. The minimum atomic E-state index is 0.540. The highest BCUT2D eigenvalue weighted by Crippen LogP contribution is 2.32. The molecule has 0 aliphatic carbocycles. The number of aliphatic imine (C=N–C) groups is 1. The topological polar surface area (TPSA) is 55.5 Å². The summed E-state index contributed by atoms with van der Waals surface area (Å²) < 4.78 is 0. The molecule has 5 nitrogen and oxygen atoms in total. The fraction of sp³-hybridized carbons (Fsp3) is 0.591. The molecule has 0 saturated carbocycles. The highest BCUT2D eigenvalue weighted by molar-refractivity contribution is 5.86. The summed E-state index contributed by atoms with van der Waals surface area (Å²) in [6.07, 6.45) is 9.68. The maximum atomic E-state index is 4.46. The average molecular weight is 368 g/mol. The van der Waals surface area contributed by atoms with Crippen molar-refractivity contribution in [2.75, 3.05) is 20.6 Å². The average Bonchev–Trinajstić information content (AvgIpc) is 3.06. The van der Waals surface area contributed by atoms with Crippen molar-refractivity contribution in [1.29, 1.82) is 0 Å². The van der Waals surface area contributed by atoms with Crippen molar-refractivity contribution in [3.63, 3.8) is 0 Å². The number of guanidine groups is 1. The summed E-state index contributed by atoms with van der Waals surface area (Å²) in [5, 5.41) is 8.54. The van der Waals surface area contributed by atoms with Gasteiger partial charge in [0.05, 0.1) is 0 Å². The van der Waals surface area contributed by atoms with Gasteiger partial charge in [-0.25, -0.2) is 0 Å². The van der Waals surface area contributed by atoms with Crippen LogP contribution in [0.5, 0.6) is 0 Å². The van der Waals surface area contributed by atoms with Gasteiger partial charge in [0.25, 0.3) is 0 Å². The Morgan fingerprint density at radius 3 is 2.78 bits per heavy atom. The number of hydrogen-bond donors (Lipinski definition) is 3. The van der Waals surface area contributed by atoms with Gasteiger partial charge in [0, 0.05) is 48.8 Å². The lowest BCUT2D eigenvalue weighted by molar-refractivity contribution is 0.0526. The second kappa shape index (κ2) is 7.93. The van der Waals surface area contributed by atoms with Crippen molar-refractivity contribution in [3.8, 4) is 0 Å². The lowest BCUT2D eigenvalue weighted by Gasteiger charge is -2.47. The third-order valence-electron chi connectivity index (χ3n) is 6.60. The molecule has 2 aliphatic heterocycles. The second-order valence-electron chi connectivity index (χ2n) is 8.28. The van der Waals surface area contributed by atoms with E-state index in [4.69, 9.17) is 0 Å². The van der Waals surface area contributed by atoms with Crippen LogP contribution in [-0.2, 0) is 6.42 Å². The molecule has 1 aromatic heterocycles. The Bertz CT molecular complexity index is 794. The quantitative estimate of drug-likeness (QED) is 0.575. The zero-order chi connectivity index (χ0) is 18.8. The standard InChI is InChI=1S/C22H33N5/c1-15-6-4-9-20-16(14-25-21(15)20)10-11-24-22(23-2)26-17-12-18-7-5-8-19(13-17)27(18)3/h4,6,9,14,17-19,25H,5,7-8,10-13H2,1-3H3,(H2,23,24,26). The summed E-state index contributed by atoms with van der Waals surface area (Å²) in [5.41, 5.74) is 3.93. The molecule has 3 heterocycles. The Morgan fingerprint density at radius 1 is 1.26 bits per heavy atom. The summed E-state index contributed by atoms with van der Waals surface area (Å²) >= 11 is 0. The number of aromatic amines is 1. The van der Waals surface area contributed by atoms with Crippen molar-refractivity contribution >= 4 is 16.9 Å². The van der Waals surface area contributed by atoms with E-state index in [2.05, 4.69) is 63.9 Å². The van der Waals surface area contributed by atoms with Crippen molar-refractivity contribution in [2.45, 2.75) is 63.6 Å². The molecule has 2 aliphatic rings. The smallest absolute Gasteiger partial charge is 0.191 e. The van der Waals surface area contributed by atoms with Crippen LogP contribution in [0, 0.1) is 6.92 Å². The number of fused-ring (bicyclic) bond motifs is 3. The van der Waals surface area contributed by atoms with Gasteiger partial charge >= 0.3 is 0 Å². The number of hydrogen-bond acceptors (Lipinski definition) is 2. The molecule has 1 aromatic carbocycles. The fourth-order valence-corrected chi connectivity index (χ4v) is 5.01. The van der Waals surface area contributed by atoms with Crippen molar-refractivity contribution in [2.24, 2.45) is 4.99 Å². The highest BCUT2D eigenvalue weighted by Gasteiger charge is 2.36. The minimum absolute atomic E-state index is 0.540. The van der Waals surface area contributed by atoms with Gasteiger partial charge in [-0.1, -0.05) is 24.6 Å². The van der Waals surface area contributed by atoms with Crippen LogP contribution >= 0.6 is 0 Å². The Balaban J connectivity index is 1.31. The number of benzene rings is 1. The first-order chi connectivity index (χ1) is 13.2. The van der Waals surface area contributed by atoms with Gasteiger partial charge in [-0.2, -0.15) is 0 Å². The third-order valence-corrected chi connectivity index (χ3v) is 6.60. The van der Waals surface area contributed by atoms with Crippen LogP contribution in [0.1, 0.15) is 43.2 Å². The number of nitrogens with one attached hydrogen (secondary N) is 3. The van der Waals surface area contributed by atoms with Gasteiger partial charge in [0.1, 0.15) is 0 Å². The van der Waals surface area contributed by atoms with Gasteiger partial charge in [-0.05, 0) is 57.2 Å². The molecule has 146 valence electrons. The molecule has 4 rings (SSSR count). The molecular formula is C22H33N5. The first-order valence-corrected chi connectivity index (χ1v) is 10.4. The summed E-state index contributed by atoms with van der Waals surface area (Å²) in [4.78, 5) is 10.5. The molecule has 0 spiro atoms. The zero-order valence-corrected chi connectivity index (χ0v) is 16.9. The Hall–Kier alpha value is -2.01. The maximum Gasteiger partial charge on any atom is 0.191 e. The summed E-state index contributed by atoms with van der Waals surface area (Å²) in [6.45, 7) is 3.05. The van der Waals surface area contributed by atoms with Gasteiger partial charge in [-0.3, -0.25) is 4.99 Å². The van der Waals surface area contributed by atoms with Crippen molar-refractivity contribution < 1.29 is 0 Å². The molecule has 2 fully saturated rings. The van der Waals surface area contributed by atoms with Crippen LogP contribution < -0.4 is 10.6 Å². The number of para-hydroxylation sites is 1. The predicted octanol–water partition coefficient (Wildman–Crippen LogP) is 3.20. The Kier molecular flexibility index (Phi) is 5.39. The fourth-order valence-electron chi connectivity index (χ4n) is 5.01. The van der Waals surface area contributed by atoms with E-state index < -0.39 is 0 Å². The monoisotopic (exact) mass is 367 g/mol. The van der Waals surface area contributed by atoms with Crippen LogP contribution in [0.3, 0.4) is 0 Å². The molecule has 2 aromatic rings. The number of aryl methyl sites for hydroxylation is 1. The molecular weight excluding hydrogens is 334 g/mol.